The van der Waals surface area contributed by atoms with Crippen LogP contribution in [0.25, 0.3) is 11.1 Å². The molecule has 0 aromatic heterocycles. The monoisotopic (exact) mass is 478 g/mol. The van der Waals surface area contributed by atoms with Gasteiger partial charge in [0.2, 0.25) is 5.91 Å². The van der Waals surface area contributed by atoms with Gasteiger partial charge in [0.25, 0.3) is 0 Å². The van der Waals surface area contributed by atoms with Gasteiger partial charge in [0, 0.05) is 12.0 Å². The first-order valence-corrected chi connectivity index (χ1v) is 10.7. The second-order valence-electron chi connectivity index (χ2n) is 8.28. The van der Waals surface area contributed by atoms with Gasteiger partial charge in [0.15, 0.2) is 0 Å². The summed E-state index contributed by atoms with van der Waals surface area (Å²) in [5, 5.41) is 10.7. The van der Waals surface area contributed by atoms with E-state index in [0.717, 1.165) is 27.2 Å². The van der Waals surface area contributed by atoms with E-state index >= 15 is 0 Å². The van der Waals surface area contributed by atoms with Crippen LogP contribution >= 0.6 is 0 Å². The Labute approximate surface area is 194 Å². The Balaban J connectivity index is 1.68. The highest BCUT2D eigenvalue weighted by molar-refractivity contribution is 5.83. The summed E-state index contributed by atoms with van der Waals surface area (Å²) in [6.45, 7) is 2.05. The number of nitrogens with zero attached hydrogens (tertiary/aromatic N) is 1. The van der Waals surface area contributed by atoms with E-state index in [1.807, 2.05) is 48.5 Å². The van der Waals surface area contributed by atoms with Crippen molar-refractivity contribution in [2.45, 2.75) is 44.4 Å². The van der Waals surface area contributed by atoms with Crippen molar-refractivity contribution in [3.8, 4) is 11.1 Å². The van der Waals surface area contributed by atoms with Crippen molar-refractivity contribution in [3.05, 3.63) is 59.7 Å². The van der Waals surface area contributed by atoms with Crippen LogP contribution in [-0.2, 0) is 14.3 Å². The molecule has 0 aliphatic heterocycles. The third-order valence-electron chi connectivity index (χ3n) is 5.66. The zero-order chi connectivity index (χ0) is 25.0. The summed E-state index contributed by atoms with van der Waals surface area (Å²) in [7, 11) is 0. The van der Waals surface area contributed by atoms with Gasteiger partial charge in [-0.3, -0.25) is 9.59 Å². The molecule has 1 atom stereocenters. The Morgan fingerprint density at radius 1 is 1.03 bits per heavy atom. The van der Waals surface area contributed by atoms with E-state index in [-0.39, 0.29) is 12.5 Å². The molecule has 2 amide bonds. The Morgan fingerprint density at radius 3 is 2.03 bits per heavy atom. The lowest BCUT2D eigenvalue weighted by atomic mass is 9.98. The SMILES string of the molecule is CC(C)N(CC(=O)O)C(=O)CC(NC(=O)OCC1c2ccccc2-c2ccccc21)C(F)(F)F. The summed E-state index contributed by atoms with van der Waals surface area (Å²) < 4.78 is 45.8. The molecule has 2 aromatic rings. The highest BCUT2D eigenvalue weighted by Gasteiger charge is 2.43. The fraction of sp³-hybridized carbons (Fsp3) is 0.375. The molecule has 1 aliphatic rings. The van der Waals surface area contributed by atoms with Gasteiger partial charge in [0.1, 0.15) is 19.2 Å². The predicted molar refractivity (Wildman–Crippen MR) is 117 cm³/mol. The number of nitrogens with one attached hydrogen (secondary N) is 1. The third kappa shape index (κ3) is 5.67. The van der Waals surface area contributed by atoms with Crippen molar-refractivity contribution >= 4 is 18.0 Å². The predicted octanol–water partition coefficient (Wildman–Crippen LogP) is 4.17. The average molecular weight is 478 g/mol. The summed E-state index contributed by atoms with van der Waals surface area (Å²) in [4.78, 5) is 36.4. The Bertz CT molecular complexity index is 1030. The van der Waals surface area contributed by atoms with E-state index in [1.165, 1.54) is 13.8 Å². The highest BCUT2D eigenvalue weighted by Crippen LogP contribution is 2.44. The lowest BCUT2D eigenvalue weighted by Gasteiger charge is -2.28. The number of aliphatic carboxylic acids is 1. The normalized spacial score (nSPS) is 13.7. The molecule has 2 aromatic carbocycles. The van der Waals surface area contributed by atoms with Crippen LogP contribution in [0.3, 0.4) is 0 Å². The number of carboxylic acids is 1. The van der Waals surface area contributed by atoms with Gasteiger partial charge in [-0.25, -0.2) is 4.79 Å². The van der Waals surface area contributed by atoms with Crippen LogP contribution in [0.4, 0.5) is 18.0 Å². The second-order valence-corrected chi connectivity index (χ2v) is 8.28. The number of hydrogen-bond donors (Lipinski definition) is 2. The highest BCUT2D eigenvalue weighted by atomic mass is 19.4. The number of carbonyl (C=O) groups excluding carboxylic acids is 2. The fourth-order valence-electron chi connectivity index (χ4n) is 4.03. The Kier molecular flexibility index (Phi) is 7.48. The number of hydrogen-bond acceptors (Lipinski definition) is 4. The van der Waals surface area contributed by atoms with E-state index < -0.39 is 49.2 Å². The summed E-state index contributed by atoms with van der Waals surface area (Å²) in [5.74, 6) is -2.73. The molecule has 1 unspecified atom stereocenters. The van der Waals surface area contributed by atoms with Crippen LogP contribution in [0.15, 0.2) is 48.5 Å². The maximum absolute atomic E-state index is 13.5. The maximum atomic E-state index is 13.5. The van der Waals surface area contributed by atoms with Gasteiger partial charge in [0.05, 0.1) is 6.42 Å². The molecule has 0 spiro atoms. The second kappa shape index (κ2) is 10.1. The van der Waals surface area contributed by atoms with Crippen LogP contribution < -0.4 is 5.32 Å². The molecule has 2 N–H and O–H groups in total. The average Bonchev–Trinajstić information content (AvgIpc) is 3.08. The van der Waals surface area contributed by atoms with Crippen LogP contribution in [-0.4, -0.2) is 59.4 Å². The van der Waals surface area contributed by atoms with Gasteiger partial charge >= 0.3 is 18.2 Å². The number of halogens is 3. The van der Waals surface area contributed by atoms with Crippen molar-refractivity contribution < 1.29 is 37.4 Å². The molecule has 0 saturated carbocycles. The minimum absolute atomic E-state index is 0.185. The topological polar surface area (TPSA) is 95.9 Å². The van der Waals surface area contributed by atoms with Gasteiger partial charge < -0.3 is 20.1 Å². The van der Waals surface area contributed by atoms with Crippen LogP contribution in [0.5, 0.6) is 0 Å². The molecule has 0 fully saturated rings. The molecule has 3 rings (SSSR count). The Hall–Kier alpha value is -3.56. The molecule has 1 aliphatic carbocycles. The molecule has 0 bridgehead atoms. The van der Waals surface area contributed by atoms with E-state index in [4.69, 9.17) is 9.84 Å². The molecule has 0 radical (unpaired) electrons. The lowest BCUT2D eigenvalue weighted by molar-refractivity contribution is -0.164. The largest absolute Gasteiger partial charge is 0.480 e. The molecule has 182 valence electrons. The summed E-state index contributed by atoms with van der Waals surface area (Å²) in [6, 6.07) is 11.9. The quantitative estimate of drug-likeness (QED) is 0.594. The van der Waals surface area contributed by atoms with Crippen LogP contribution in [0.2, 0.25) is 0 Å². The third-order valence-corrected chi connectivity index (χ3v) is 5.66. The Morgan fingerprint density at radius 2 is 1.56 bits per heavy atom. The van der Waals surface area contributed by atoms with Crippen molar-refractivity contribution in [1.29, 1.82) is 0 Å². The maximum Gasteiger partial charge on any atom is 0.409 e. The number of alkyl halides is 3. The molecule has 0 heterocycles. The lowest BCUT2D eigenvalue weighted by Crippen LogP contribution is -2.50. The zero-order valence-corrected chi connectivity index (χ0v) is 18.6. The smallest absolute Gasteiger partial charge is 0.409 e. The van der Waals surface area contributed by atoms with Crippen molar-refractivity contribution in [3.63, 3.8) is 0 Å². The van der Waals surface area contributed by atoms with Crippen LogP contribution in [0.1, 0.15) is 37.3 Å². The zero-order valence-electron chi connectivity index (χ0n) is 18.6. The van der Waals surface area contributed by atoms with Crippen molar-refractivity contribution in [1.82, 2.24) is 10.2 Å². The van der Waals surface area contributed by atoms with E-state index in [2.05, 4.69) is 0 Å². The van der Waals surface area contributed by atoms with Crippen molar-refractivity contribution in [2.24, 2.45) is 0 Å². The molecule has 0 saturated heterocycles. The molecular weight excluding hydrogens is 453 g/mol. The first-order valence-electron chi connectivity index (χ1n) is 10.7. The van der Waals surface area contributed by atoms with E-state index in [0.29, 0.717) is 0 Å². The minimum atomic E-state index is -4.94. The number of alkyl carbamates (subject to hydrolysis) is 1. The van der Waals surface area contributed by atoms with Gasteiger partial charge in [-0.15, -0.1) is 0 Å². The van der Waals surface area contributed by atoms with Gasteiger partial charge in [-0.2, -0.15) is 13.2 Å². The number of ether oxygens (including phenoxy) is 1. The fourth-order valence-corrected chi connectivity index (χ4v) is 4.03. The number of rotatable bonds is 8. The van der Waals surface area contributed by atoms with Gasteiger partial charge in [-0.1, -0.05) is 48.5 Å². The van der Waals surface area contributed by atoms with Gasteiger partial charge in [-0.05, 0) is 36.1 Å². The first-order chi connectivity index (χ1) is 16.0. The van der Waals surface area contributed by atoms with E-state index in [1.54, 1.807) is 5.32 Å². The summed E-state index contributed by atoms with van der Waals surface area (Å²) >= 11 is 0. The number of fused-ring (bicyclic) bond motifs is 3. The molecular formula is C24H25F3N2O5. The van der Waals surface area contributed by atoms with Crippen LogP contribution in [0, 0.1) is 0 Å². The molecule has 7 nitrogen and oxygen atoms in total. The summed E-state index contributed by atoms with van der Waals surface area (Å²) in [6.07, 6.45) is -7.39. The molecule has 34 heavy (non-hydrogen) atoms. The minimum Gasteiger partial charge on any atom is -0.480 e. The first kappa shape index (κ1) is 25.1. The van der Waals surface area contributed by atoms with E-state index in [9.17, 15) is 27.6 Å². The standard InChI is InChI=1S/C24H25F3N2O5/c1-14(2)29(12-22(31)32)21(30)11-20(24(25,26)27)28-23(33)34-13-19-17-9-5-3-7-15(17)16-8-4-6-10-18(16)19/h3-10,14,19-20H,11-13H2,1-2H3,(H,28,33)(H,31,32). The summed E-state index contributed by atoms with van der Waals surface area (Å²) in [5.41, 5.74) is 3.75. The number of carboxylic acid groups (broad SMARTS) is 1. The van der Waals surface area contributed by atoms with Crippen molar-refractivity contribution in [2.75, 3.05) is 13.2 Å². The molecule has 10 heteroatoms. The number of benzene rings is 2. The number of carbonyl (C=O) groups is 3. The number of amides is 2.